The minimum Gasteiger partial charge on any atom is -0.445 e. The predicted molar refractivity (Wildman–Crippen MR) is 104 cm³/mol. The largest absolute Gasteiger partial charge is 0.445 e. The Hall–Kier alpha value is -2.08. The molecule has 1 heterocycles. The van der Waals surface area contributed by atoms with Crippen LogP contribution in [0.2, 0.25) is 0 Å². The Morgan fingerprint density at radius 2 is 1.93 bits per heavy atom. The normalized spacial score (nSPS) is 20.6. The van der Waals surface area contributed by atoms with Crippen LogP contribution in [-0.4, -0.2) is 53.0 Å². The van der Waals surface area contributed by atoms with Crippen LogP contribution in [0.1, 0.15) is 45.1 Å². The van der Waals surface area contributed by atoms with Crippen molar-refractivity contribution in [3.8, 4) is 0 Å². The molecule has 3 rings (SSSR count). The van der Waals surface area contributed by atoms with Gasteiger partial charge in [-0.05, 0) is 37.2 Å². The molecule has 1 aromatic rings. The van der Waals surface area contributed by atoms with E-state index in [0.717, 1.165) is 37.8 Å². The minimum atomic E-state index is -0.481. The van der Waals surface area contributed by atoms with Crippen LogP contribution in [0.3, 0.4) is 0 Å². The first kappa shape index (κ1) is 19.7. The first-order valence-electron chi connectivity index (χ1n) is 10.0. The average Bonchev–Trinajstić information content (AvgIpc) is 3.41. The second-order valence-electron chi connectivity index (χ2n) is 8.02. The first-order chi connectivity index (χ1) is 13.0. The van der Waals surface area contributed by atoms with Crippen molar-refractivity contribution in [3.05, 3.63) is 35.9 Å². The zero-order valence-electron chi connectivity index (χ0n) is 16.3. The Balaban J connectivity index is 1.60. The number of ether oxygens (including phenoxy) is 1. The third kappa shape index (κ3) is 5.01. The summed E-state index contributed by atoms with van der Waals surface area (Å²) < 4.78 is 5.54. The lowest BCUT2D eigenvalue weighted by molar-refractivity contribution is -0.134. The van der Waals surface area contributed by atoms with E-state index in [1.165, 1.54) is 0 Å². The zero-order chi connectivity index (χ0) is 19.4. The molecule has 2 amide bonds. The van der Waals surface area contributed by atoms with Gasteiger partial charge in [0.1, 0.15) is 6.61 Å². The maximum atomic E-state index is 12.7. The van der Waals surface area contributed by atoms with Crippen molar-refractivity contribution in [1.29, 1.82) is 0 Å². The molecule has 1 aliphatic carbocycles. The summed E-state index contributed by atoms with van der Waals surface area (Å²) >= 11 is 0. The van der Waals surface area contributed by atoms with Gasteiger partial charge in [-0.3, -0.25) is 4.79 Å². The van der Waals surface area contributed by atoms with E-state index in [1.54, 1.807) is 0 Å². The number of nitrogens with two attached hydrogens (primary N) is 1. The highest BCUT2D eigenvalue weighted by molar-refractivity contribution is 5.82. The van der Waals surface area contributed by atoms with Gasteiger partial charge in [0.25, 0.3) is 0 Å². The fourth-order valence-corrected chi connectivity index (χ4v) is 3.58. The van der Waals surface area contributed by atoms with Crippen LogP contribution >= 0.6 is 0 Å². The molecule has 0 aromatic heterocycles. The summed E-state index contributed by atoms with van der Waals surface area (Å²) in [4.78, 5) is 29.1. The molecule has 27 heavy (non-hydrogen) atoms. The number of nitrogens with zero attached hydrogens (tertiary/aromatic N) is 2. The molecule has 1 aromatic carbocycles. The second kappa shape index (κ2) is 8.74. The Labute approximate surface area is 161 Å². The molecule has 2 aliphatic rings. The molecule has 2 fully saturated rings. The summed E-state index contributed by atoms with van der Waals surface area (Å²) in [6, 6.07) is 9.49. The average molecular weight is 373 g/mol. The van der Waals surface area contributed by atoms with Crippen molar-refractivity contribution in [1.82, 2.24) is 9.80 Å². The van der Waals surface area contributed by atoms with E-state index >= 15 is 0 Å². The lowest BCUT2D eigenvalue weighted by Crippen LogP contribution is -2.52. The van der Waals surface area contributed by atoms with Crippen LogP contribution in [-0.2, 0) is 16.1 Å². The van der Waals surface area contributed by atoms with Crippen LogP contribution < -0.4 is 5.73 Å². The van der Waals surface area contributed by atoms with Gasteiger partial charge in [0.2, 0.25) is 5.91 Å². The van der Waals surface area contributed by atoms with Crippen LogP contribution in [0.15, 0.2) is 30.3 Å². The molecule has 2 N–H and O–H groups in total. The Bertz CT molecular complexity index is 645. The number of carbonyl (C=O) groups is 2. The van der Waals surface area contributed by atoms with Crippen LogP contribution in [0.25, 0.3) is 0 Å². The number of rotatable bonds is 7. The van der Waals surface area contributed by atoms with Gasteiger partial charge in [0.05, 0.1) is 6.04 Å². The molecular weight excluding hydrogens is 342 g/mol. The molecular formula is C21H31N3O3. The van der Waals surface area contributed by atoms with E-state index in [-0.39, 0.29) is 36.6 Å². The van der Waals surface area contributed by atoms with Crippen LogP contribution in [0, 0.1) is 5.92 Å². The second-order valence-corrected chi connectivity index (χ2v) is 8.02. The number of amides is 2. The summed E-state index contributed by atoms with van der Waals surface area (Å²) in [7, 11) is 0. The minimum absolute atomic E-state index is 0.000833. The lowest BCUT2D eigenvalue weighted by atomic mass is 10.0. The molecule has 1 saturated heterocycles. The SMILES string of the molecule is CC(C)[C@H](N)C(=O)N1CCC[C@@H]1CN(C(=O)OCc1ccccc1)C1CC1. The fourth-order valence-electron chi connectivity index (χ4n) is 3.58. The molecule has 0 spiro atoms. The van der Waals surface area contributed by atoms with Gasteiger partial charge >= 0.3 is 6.09 Å². The molecule has 1 saturated carbocycles. The molecule has 0 bridgehead atoms. The monoisotopic (exact) mass is 373 g/mol. The van der Waals surface area contributed by atoms with Crippen molar-refractivity contribution >= 4 is 12.0 Å². The summed E-state index contributed by atoms with van der Waals surface area (Å²) in [6.45, 7) is 5.46. The van der Waals surface area contributed by atoms with E-state index in [0.29, 0.717) is 6.54 Å². The molecule has 148 valence electrons. The number of hydrogen-bond acceptors (Lipinski definition) is 4. The third-order valence-corrected chi connectivity index (χ3v) is 5.50. The summed E-state index contributed by atoms with van der Waals surface area (Å²) in [5.41, 5.74) is 7.05. The Kier molecular flexibility index (Phi) is 6.37. The van der Waals surface area contributed by atoms with Crippen LogP contribution in [0.4, 0.5) is 4.79 Å². The van der Waals surface area contributed by atoms with Gasteiger partial charge < -0.3 is 20.3 Å². The summed E-state index contributed by atoms with van der Waals surface area (Å²) in [6.07, 6.45) is 3.60. The summed E-state index contributed by atoms with van der Waals surface area (Å²) in [5.74, 6) is 0.107. The first-order valence-corrected chi connectivity index (χ1v) is 10.0. The highest BCUT2D eigenvalue weighted by atomic mass is 16.6. The number of benzene rings is 1. The van der Waals surface area contributed by atoms with Gasteiger partial charge in [0, 0.05) is 25.2 Å². The van der Waals surface area contributed by atoms with E-state index in [9.17, 15) is 9.59 Å². The number of likely N-dealkylation sites (tertiary alicyclic amines) is 1. The fraction of sp³-hybridized carbons (Fsp3) is 0.619. The van der Waals surface area contributed by atoms with Crippen molar-refractivity contribution in [2.45, 2.75) is 64.3 Å². The Morgan fingerprint density at radius 3 is 2.56 bits per heavy atom. The van der Waals surface area contributed by atoms with E-state index in [4.69, 9.17) is 10.5 Å². The predicted octanol–water partition coefficient (Wildman–Crippen LogP) is 2.76. The maximum Gasteiger partial charge on any atom is 0.410 e. The molecule has 6 nitrogen and oxygen atoms in total. The summed E-state index contributed by atoms with van der Waals surface area (Å²) in [5, 5.41) is 0. The smallest absolute Gasteiger partial charge is 0.410 e. The van der Waals surface area contributed by atoms with E-state index in [1.807, 2.05) is 54.0 Å². The van der Waals surface area contributed by atoms with Crippen molar-refractivity contribution < 1.29 is 14.3 Å². The van der Waals surface area contributed by atoms with Crippen molar-refractivity contribution in [2.75, 3.05) is 13.1 Å². The lowest BCUT2D eigenvalue weighted by Gasteiger charge is -2.32. The third-order valence-electron chi connectivity index (χ3n) is 5.50. The molecule has 2 atom stereocenters. The van der Waals surface area contributed by atoms with Gasteiger partial charge in [0.15, 0.2) is 0 Å². The van der Waals surface area contributed by atoms with Gasteiger partial charge in [-0.1, -0.05) is 44.2 Å². The van der Waals surface area contributed by atoms with Crippen molar-refractivity contribution in [2.24, 2.45) is 11.7 Å². The van der Waals surface area contributed by atoms with Crippen LogP contribution in [0.5, 0.6) is 0 Å². The highest BCUT2D eigenvalue weighted by Gasteiger charge is 2.39. The van der Waals surface area contributed by atoms with E-state index in [2.05, 4.69) is 0 Å². The van der Waals surface area contributed by atoms with Gasteiger partial charge in [-0.25, -0.2) is 4.79 Å². The highest BCUT2D eigenvalue weighted by Crippen LogP contribution is 2.30. The molecule has 0 radical (unpaired) electrons. The van der Waals surface area contributed by atoms with Crippen molar-refractivity contribution in [3.63, 3.8) is 0 Å². The zero-order valence-corrected chi connectivity index (χ0v) is 16.3. The van der Waals surface area contributed by atoms with E-state index < -0.39 is 6.04 Å². The number of carbonyl (C=O) groups excluding carboxylic acids is 2. The molecule has 0 unspecified atom stereocenters. The quantitative estimate of drug-likeness (QED) is 0.797. The molecule has 6 heteroatoms. The maximum absolute atomic E-state index is 12.7. The Morgan fingerprint density at radius 1 is 1.22 bits per heavy atom. The van der Waals surface area contributed by atoms with Gasteiger partial charge in [-0.15, -0.1) is 0 Å². The standard InChI is InChI=1S/C21H31N3O3/c1-15(2)19(22)20(25)23-12-6-9-18(23)13-24(17-10-11-17)21(26)27-14-16-7-4-3-5-8-16/h3-5,7-8,15,17-19H,6,9-14,22H2,1-2H3/t18-,19+/m1/s1. The number of hydrogen-bond donors (Lipinski definition) is 1. The molecule has 1 aliphatic heterocycles. The topological polar surface area (TPSA) is 75.9 Å². The van der Waals surface area contributed by atoms with Gasteiger partial charge in [-0.2, -0.15) is 0 Å².